The van der Waals surface area contributed by atoms with Crippen LogP contribution in [0, 0.1) is 0 Å². The second-order valence-corrected chi connectivity index (χ2v) is 6.97. The van der Waals surface area contributed by atoms with E-state index in [9.17, 15) is 22.8 Å². The van der Waals surface area contributed by atoms with Gasteiger partial charge in [0.25, 0.3) is 0 Å². The molecule has 2 heterocycles. The summed E-state index contributed by atoms with van der Waals surface area (Å²) >= 11 is 0. The molecule has 2 aliphatic rings. The van der Waals surface area contributed by atoms with Crippen molar-refractivity contribution in [1.82, 2.24) is 4.90 Å². The molecule has 0 N–H and O–H groups in total. The monoisotopic (exact) mass is 368 g/mol. The summed E-state index contributed by atoms with van der Waals surface area (Å²) < 4.78 is 38.7. The minimum absolute atomic E-state index is 0.000699. The molecule has 0 unspecified atom stereocenters. The summed E-state index contributed by atoms with van der Waals surface area (Å²) in [5.74, 6) is -0.234. The normalized spacial score (nSPS) is 19.0. The van der Waals surface area contributed by atoms with E-state index < -0.39 is 11.7 Å². The Morgan fingerprint density at radius 3 is 2.54 bits per heavy atom. The number of likely N-dealkylation sites (tertiary alicyclic amines) is 1. The molecule has 2 amide bonds. The van der Waals surface area contributed by atoms with E-state index in [0.717, 1.165) is 37.8 Å². The minimum Gasteiger partial charge on any atom is -0.333 e. The first-order chi connectivity index (χ1) is 12.4. The molecule has 1 aromatic carbocycles. The molecule has 0 aliphatic carbocycles. The maximum absolute atomic E-state index is 12.9. The largest absolute Gasteiger partial charge is 0.416 e. The first-order valence-electron chi connectivity index (χ1n) is 9.14. The lowest BCUT2D eigenvalue weighted by atomic mass is 9.98. The zero-order valence-electron chi connectivity index (χ0n) is 14.6. The Labute approximate surface area is 151 Å². The van der Waals surface area contributed by atoms with E-state index in [1.165, 1.54) is 11.0 Å². The van der Waals surface area contributed by atoms with Gasteiger partial charge < -0.3 is 9.80 Å². The molecule has 0 spiro atoms. The number of benzene rings is 1. The second kappa shape index (κ2) is 7.68. The van der Waals surface area contributed by atoms with Crippen LogP contribution in [0.15, 0.2) is 18.2 Å². The molecule has 26 heavy (non-hydrogen) atoms. The van der Waals surface area contributed by atoms with Gasteiger partial charge in [-0.2, -0.15) is 13.2 Å². The van der Waals surface area contributed by atoms with Crippen molar-refractivity contribution in [1.29, 1.82) is 0 Å². The van der Waals surface area contributed by atoms with Crippen LogP contribution < -0.4 is 4.90 Å². The van der Waals surface area contributed by atoms with Crippen LogP contribution in [0.4, 0.5) is 18.9 Å². The van der Waals surface area contributed by atoms with Gasteiger partial charge in [-0.15, -0.1) is 0 Å². The van der Waals surface area contributed by atoms with E-state index in [0.29, 0.717) is 43.6 Å². The molecule has 0 aromatic heterocycles. The highest BCUT2D eigenvalue weighted by atomic mass is 19.4. The summed E-state index contributed by atoms with van der Waals surface area (Å²) in [6.07, 6.45) is 1.01. The van der Waals surface area contributed by atoms with Crippen molar-refractivity contribution in [2.45, 2.75) is 51.1 Å². The van der Waals surface area contributed by atoms with Gasteiger partial charge in [-0.1, -0.05) is 12.8 Å². The zero-order valence-corrected chi connectivity index (χ0v) is 14.6. The van der Waals surface area contributed by atoms with Gasteiger partial charge in [0, 0.05) is 25.2 Å². The van der Waals surface area contributed by atoms with E-state index in [4.69, 9.17) is 0 Å². The van der Waals surface area contributed by atoms with Crippen LogP contribution in [0.5, 0.6) is 0 Å². The molecule has 2 aliphatic heterocycles. The lowest BCUT2D eigenvalue weighted by Crippen LogP contribution is -2.45. The van der Waals surface area contributed by atoms with Gasteiger partial charge in [0.15, 0.2) is 0 Å². The molecular formula is C19H23F3N2O2. The lowest BCUT2D eigenvalue weighted by molar-refractivity contribution is -0.137. The Morgan fingerprint density at radius 2 is 1.77 bits per heavy atom. The maximum Gasteiger partial charge on any atom is 0.416 e. The Morgan fingerprint density at radius 1 is 1.00 bits per heavy atom. The fourth-order valence-electron chi connectivity index (χ4n) is 3.66. The fraction of sp³-hybridized carbons (Fsp3) is 0.579. The van der Waals surface area contributed by atoms with Gasteiger partial charge in [-0.3, -0.25) is 9.59 Å². The minimum atomic E-state index is -4.39. The number of fused-ring (bicyclic) bond motifs is 1. The van der Waals surface area contributed by atoms with E-state index in [1.807, 2.05) is 0 Å². The van der Waals surface area contributed by atoms with E-state index >= 15 is 0 Å². The number of hydrogen-bond acceptors (Lipinski definition) is 2. The van der Waals surface area contributed by atoms with Crippen LogP contribution in [0.1, 0.15) is 49.7 Å². The summed E-state index contributed by atoms with van der Waals surface area (Å²) in [5, 5.41) is 0. The van der Waals surface area contributed by atoms with Crippen LogP contribution in [0.25, 0.3) is 0 Å². The summed E-state index contributed by atoms with van der Waals surface area (Å²) in [4.78, 5) is 28.1. The Bertz CT molecular complexity index is 688. The lowest BCUT2D eigenvalue weighted by Gasteiger charge is -2.32. The van der Waals surface area contributed by atoms with Crippen molar-refractivity contribution in [3.05, 3.63) is 29.3 Å². The highest BCUT2D eigenvalue weighted by Crippen LogP contribution is 2.35. The number of amides is 2. The van der Waals surface area contributed by atoms with Gasteiger partial charge >= 0.3 is 6.18 Å². The summed E-state index contributed by atoms with van der Waals surface area (Å²) in [6, 6.07) is 3.53. The van der Waals surface area contributed by atoms with Gasteiger partial charge in [-0.05, 0) is 49.4 Å². The van der Waals surface area contributed by atoms with Gasteiger partial charge in [0.2, 0.25) is 11.8 Å². The SMILES string of the molecule is O=C1CCCCCCN1CC(=O)N1CCCc2cc(C(F)(F)F)ccc21. The number of anilines is 1. The molecule has 0 radical (unpaired) electrons. The van der Waals surface area contributed by atoms with Crippen molar-refractivity contribution in [2.75, 3.05) is 24.5 Å². The number of aryl methyl sites for hydroxylation is 1. The van der Waals surface area contributed by atoms with Crippen LogP contribution in [0.3, 0.4) is 0 Å². The number of carbonyl (C=O) groups is 2. The first kappa shape index (κ1) is 18.7. The highest BCUT2D eigenvalue weighted by molar-refractivity contribution is 5.97. The summed E-state index contributed by atoms with van der Waals surface area (Å²) in [6.45, 7) is 1.04. The van der Waals surface area contributed by atoms with E-state index in [2.05, 4.69) is 0 Å². The zero-order chi connectivity index (χ0) is 18.7. The van der Waals surface area contributed by atoms with Crippen molar-refractivity contribution < 1.29 is 22.8 Å². The van der Waals surface area contributed by atoms with Crippen molar-refractivity contribution in [3.63, 3.8) is 0 Å². The topological polar surface area (TPSA) is 40.6 Å². The van der Waals surface area contributed by atoms with Crippen molar-refractivity contribution in [2.24, 2.45) is 0 Å². The van der Waals surface area contributed by atoms with E-state index in [1.54, 1.807) is 4.90 Å². The molecule has 7 heteroatoms. The predicted octanol–water partition coefficient (Wildman–Crippen LogP) is 3.78. The smallest absolute Gasteiger partial charge is 0.333 e. The summed E-state index contributed by atoms with van der Waals surface area (Å²) in [5.41, 5.74) is 0.386. The molecule has 0 bridgehead atoms. The Balaban J connectivity index is 1.76. The molecule has 0 saturated carbocycles. The molecular weight excluding hydrogens is 345 g/mol. The molecule has 0 atom stereocenters. The molecule has 4 nitrogen and oxygen atoms in total. The van der Waals surface area contributed by atoms with Crippen molar-refractivity contribution in [3.8, 4) is 0 Å². The standard InChI is InChI=1S/C19H23F3N2O2/c20-19(21,22)15-8-9-16-14(12-15)6-5-11-24(16)18(26)13-23-10-4-2-1-3-7-17(23)25/h8-9,12H,1-7,10-11,13H2. The van der Waals surface area contributed by atoms with Gasteiger partial charge in [0.1, 0.15) is 6.54 Å². The van der Waals surface area contributed by atoms with Crippen LogP contribution in [0.2, 0.25) is 0 Å². The van der Waals surface area contributed by atoms with E-state index in [-0.39, 0.29) is 18.4 Å². The third-order valence-corrected chi connectivity index (χ3v) is 5.07. The molecule has 142 valence electrons. The maximum atomic E-state index is 12.9. The molecule has 3 rings (SSSR count). The van der Waals surface area contributed by atoms with Crippen molar-refractivity contribution >= 4 is 17.5 Å². The number of halogens is 3. The number of alkyl halides is 3. The number of rotatable bonds is 2. The quantitative estimate of drug-likeness (QED) is 0.797. The second-order valence-electron chi connectivity index (χ2n) is 6.97. The average Bonchev–Trinajstić information content (AvgIpc) is 2.59. The van der Waals surface area contributed by atoms with Gasteiger partial charge in [-0.25, -0.2) is 0 Å². The molecule has 1 aromatic rings. The Kier molecular flexibility index (Phi) is 5.53. The molecule has 1 fully saturated rings. The highest BCUT2D eigenvalue weighted by Gasteiger charge is 2.33. The van der Waals surface area contributed by atoms with Crippen LogP contribution in [-0.4, -0.2) is 36.3 Å². The Hall–Kier alpha value is -2.05. The van der Waals surface area contributed by atoms with Crippen LogP contribution >= 0.6 is 0 Å². The number of carbonyl (C=O) groups excluding carboxylic acids is 2. The predicted molar refractivity (Wildman–Crippen MR) is 91.8 cm³/mol. The summed E-state index contributed by atoms with van der Waals surface area (Å²) in [7, 11) is 0. The van der Waals surface area contributed by atoms with Gasteiger partial charge in [0.05, 0.1) is 5.56 Å². The third-order valence-electron chi connectivity index (χ3n) is 5.07. The van der Waals surface area contributed by atoms with Crippen LogP contribution in [-0.2, 0) is 22.2 Å². The third kappa shape index (κ3) is 4.19. The fourth-order valence-corrected chi connectivity index (χ4v) is 3.66. The first-order valence-corrected chi connectivity index (χ1v) is 9.14. The average molecular weight is 368 g/mol. The molecule has 1 saturated heterocycles. The number of nitrogens with zero attached hydrogens (tertiary/aromatic N) is 2. The number of hydrogen-bond donors (Lipinski definition) is 0.